The van der Waals surface area contributed by atoms with Crippen molar-refractivity contribution in [3.05, 3.63) is 48.3 Å². The van der Waals surface area contributed by atoms with Gasteiger partial charge in [0.05, 0.1) is 25.1 Å². The van der Waals surface area contributed by atoms with E-state index in [0.717, 1.165) is 18.5 Å². The van der Waals surface area contributed by atoms with E-state index in [9.17, 15) is 8.42 Å². The quantitative estimate of drug-likeness (QED) is 0.902. The van der Waals surface area contributed by atoms with Crippen molar-refractivity contribution in [2.75, 3.05) is 24.6 Å². The zero-order valence-electron chi connectivity index (χ0n) is 12.5. The Morgan fingerprint density at radius 3 is 2.48 bits per heavy atom. The molecule has 0 amide bonds. The zero-order valence-corrected chi connectivity index (χ0v) is 13.3. The molecule has 1 aromatic carbocycles. The summed E-state index contributed by atoms with van der Waals surface area (Å²) in [5, 5.41) is 5.05. The Balaban J connectivity index is 1.71. The number of rotatable bonds is 3. The minimum Gasteiger partial charge on any atom is -0.372 e. The number of aromatic nitrogens is 2. The van der Waals surface area contributed by atoms with E-state index in [1.807, 2.05) is 23.1 Å². The highest BCUT2D eigenvalue weighted by Gasteiger charge is 2.20. The van der Waals surface area contributed by atoms with Gasteiger partial charge in [0.2, 0.25) is 16.0 Å². The van der Waals surface area contributed by atoms with Crippen LogP contribution in [0.3, 0.4) is 0 Å². The Labute approximate surface area is 135 Å². The molecule has 1 atom stereocenters. The lowest BCUT2D eigenvalue weighted by atomic mass is 10.1. The lowest BCUT2D eigenvalue weighted by Gasteiger charge is -2.19. The number of anilines is 1. The first-order valence-corrected chi connectivity index (χ1v) is 8.85. The van der Waals surface area contributed by atoms with Gasteiger partial charge in [-0.1, -0.05) is 30.3 Å². The van der Waals surface area contributed by atoms with Crippen LogP contribution in [0.25, 0.3) is 0 Å². The molecule has 122 valence electrons. The number of ether oxygens (including phenoxy) is 1. The summed E-state index contributed by atoms with van der Waals surface area (Å²) in [5.74, 6) is 0.481. The third-order valence-corrected chi connectivity index (χ3v) is 4.61. The summed E-state index contributed by atoms with van der Waals surface area (Å²) in [6.45, 7) is 1.94. The Bertz CT molecular complexity index is 750. The predicted octanol–water partition coefficient (Wildman–Crippen LogP) is 1.09. The molecule has 0 saturated carbocycles. The molecule has 1 aliphatic heterocycles. The van der Waals surface area contributed by atoms with Crippen LogP contribution in [0.15, 0.2) is 47.6 Å². The first kappa shape index (κ1) is 15.9. The van der Waals surface area contributed by atoms with Crippen LogP contribution >= 0.6 is 0 Å². The Hall–Kier alpha value is -2.03. The van der Waals surface area contributed by atoms with Crippen LogP contribution < -0.4 is 10.0 Å². The SMILES string of the molecule is NS(=O)(=O)c1cnc(N2CCOC(c3ccccc3)CC2)nc1. The molecule has 2 N–H and O–H groups in total. The van der Waals surface area contributed by atoms with Gasteiger partial charge in [0.1, 0.15) is 4.90 Å². The Kier molecular flexibility index (Phi) is 4.56. The fourth-order valence-corrected chi connectivity index (χ4v) is 2.92. The molecule has 1 saturated heterocycles. The molecule has 1 unspecified atom stereocenters. The number of nitrogens with zero attached hydrogens (tertiary/aromatic N) is 3. The van der Waals surface area contributed by atoms with Crippen molar-refractivity contribution in [2.24, 2.45) is 5.14 Å². The first-order chi connectivity index (χ1) is 11.0. The van der Waals surface area contributed by atoms with E-state index in [1.54, 1.807) is 0 Å². The van der Waals surface area contributed by atoms with Crippen molar-refractivity contribution < 1.29 is 13.2 Å². The molecule has 0 aliphatic carbocycles. The molecule has 1 aliphatic rings. The first-order valence-electron chi connectivity index (χ1n) is 7.30. The number of sulfonamides is 1. The van der Waals surface area contributed by atoms with E-state index >= 15 is 0 Å². The summed E-state index contributed by atoms with van der Waals surface area (Å²) in [7, 11) is -3.77. The second-order valence-corrected chi connectivity index (χ2v) is 6.87. The van der Waals surface area contributed by atoms with E-state index in [4.69, 9.17) is 9.88 Å². The monoisotopic (exact) mass is 334 g/mol. The molecule has 8 heteroatoms. The van der Waals surface area contributed by atoms with Crippen LogP contribution in [0.5, 0.6) is 0 Å². The summed E-state index contributed by atoms with van der Waals surface area (Å²) < 4.78 is 28.4. The van der Waals surface area contributed by atoms with Crippen molar-refractivity contribution in [2.45, 2.75) is 17.4 Å². The normalized spacial score (nSPS) is 19.3. The molecule has 1 aromatic heterocycles. The molecule has 23 heavy (non-hydrogen) atoms. The lowest BCUT2D eigenvalue weighted by molar-refractivity contribution is 0.0647. The highest BCUT2D eigenvalue weighted by atomic mass is 32.2. The Morgan fingerprint density at radius 1 is 1.13 bits per heavy atom. The maximum Gasteiger partial charge on any atom is 0.241 e. The lowest BCUT2D eigenvalue weighted by Crippen LogP contribution is -2.28. The molecule has 3 rings (SSSR count). The van der Waals surface area contributed by atoms with E-state index < -0.39 is 10.0 Å². The average molecular weight is 334 g/mol. The van der Waals surface area contributed by atoms with Crippen LogP contribution in [0.1, 0.15) is 18.1 Å². The van der Waals surface area contributed by atoms with Gasteiger partial charge in [0, 0.05) is 13.1 Å². The van der Waals surface area contributed by atoms with Gasteiger partial charge in [0.25, 0.3) is 0 Å². The number of primary sulfonamides is 1. The highest BCUT2D eigenvalue weighted by Crippen LogP contribution is 2.24. The van der Waals surface area contributed by atoms with Gasteiger partial charge in [-0.25, -0.2) is 23.5 Å². The average Bonchev–Trinajstić information content (AvgIpc) is 2.81. The van der Waals surface area contributed by atoms with E-state index in [-0.39, 0.29) is 11.0 Å². The maximum atomic E-state index is 11.2. The van der Waals surface area contributed by atoms with Gasteiger partial charge in [-0.2, -0.15) is 0 Å². The minimum atomic E-state index is -3.77. The number of benzene rings is 1. The van der Waals surface area contributed by atoms with Gasteiger partial charge in [-0.15, -0.1) is 0 Å². The molecule has 1 fully saturated rings. The largest absolute Gasteiger partial charge is 0.372 e. The number of hydrogen-bond acceptors (Lipinski definition) is 6. The highest BCUT2D eigenvalue weighted by molar-refractivity contribution is 7.89. The smallest absolute Gasteiger partial charge is 0.241 e. The summed E-state index contributed by atoms with van der Waals surface area (Å²) in [6.07, 6.45) is 3.32. The molecular formula is C15H18N4O3S. The van der Waals surface area contributed by atoms with Crippen molar-refractivity contribution in [1.82, 2.24) is 9.97 Å². The van der Waals surface area contributed by atoms with Crippen molar-refractivity contribution in [3.63, 3.8) is 0 Å². The van der Waals surface area contributed by atoms with Gasteiger partial charge in [-0.05, 0) is 12.0 Å². The van der Waals surface area contributed by atoms with Gasteiger partial charge >= 0.3 is 0 Å². The van der Waals surface area contributed by atoms with Crippen LogP contribution in [0, 0.1) is 0 Å². The maximum absolute atomic E-state index is 11.2. The fourth-order valence-electron chi connectivity index (χ4n) is 2.52. The van der Waals surface area contributed by atoms with Crippen LogP contribution in [0.4, 0.5) is 5.95 Å². The van der Waals surface area contributed by atoms with Crippen LogP contribution in [-0.4, -0.2) is 38.1 Å². The fraction of sp³-hybridized carbons (Fsp3) is 0.333. The minimum absolute atomic E-state index is 0.0462. The van der Waals surface area contributed by atoms with Crippen molar-refractivity contribution in [1.29, 1.82) is 0 Å². The number of nitrogens with two attached hydrogens (primary N) is 1. The van der Waals surface area contributed by atoms with Crippen molar-refractivity contribution >= 4 is 16.0 Å². The molecule has 0 radical (unpaired) electrons. The summed E-state index contributed by atoms with van der Waals surface area (Å²) in [5.41, 5.74) is 1.15. The summed E-state index contributed by atoms with van der Waals surface area (Å²) in [6, 6.07) is 10.1. The summed E-state index contributed by atoms with van der Waals surface area (Å²) in [4.78, 5) is 10.1. The molecular weight excluding hydrogens is 316 g/mol. The molecule has 0 spiro atoms. The van der Waals surface area contributed by atoms with Gasteiger partial charge in [0.15, 0.2) is 0 Å². The van der Waals surface area contributed by atoms with Gasteiger partial charge in [-0.3, -0.25) is 0 Å². The molecule has 0 bridgehead atoms. The van der Waals surface area contributed by atoms with Crippen molar-refractivity contribution in [3.8, 4) is 0 Å². The molecule has 2 aromatic rings. The topological polar surface area (TPSA) is 98.4 Å². The van der Waals surface area contributed by atoms with E-state index in [0.29, 0.717) is 19.1 Å². The predicted molar refractivity (Wildman–Crippen MR) is 85.4 cm³/mol. The third kappa shape index (κ3) is 3.84. The standard InChI is InChI=1S/C15H18N4O3S/c16-23(20,21)13-10-17-15(18-11-13)19-7-6-14(22-9-8-19)12-4-2-1-3-5-12/h1-5,10-11,14H,6-9H2,(H2,16,20,21). The molecule has 2 heterocycles. The van der Waals surface area contributed by atoms with Gasteiger partial charge < -0.3 is 9.64 Å². The van der Waals surface area contributed by atoms with E-state index in [2.05, 4.69) is 22.1 Å². The third-order valence-electron chi connectivity index (χ3n) is 3.74. The zero-order chi connectivity index (χ0) is 16.3. The molecule has 7 nitrogen and oxygen atoms in total. The second-order valence-electron chi connectivity index (χ2n) is 5.31. The number of hydrogen-bond donors (Lipinski definition) is 1. The second kappa shape index (κ2) is 6.61. The summed E-state index contributed by atoms with van der Waals surface area (Å²) >= 11 is 0. The van der Waals surface area contributed by atoms with Crippen LogP contribution in [0.2, 0.25) is 0 Å². The van der Waals surface area contributed by atoms with E-state index in [1.165, 1.54) is 12.4 Å². The Morgan fingerprint density at radius 2 is 1.83 bits per heavy atom. The van der Waals surface area contributed by atoms with Crippen LogP contribution in [-0.2, 0) is 14.8 Å².